The lowest BCUT2D eigenvalue weighted by atomic mass is 10.3. The van der Waals surface area contributed by atoms with Crippen molar-refractivity contribution in [1.82, 2.24) is 15.1 Å². The van der Waals surface area contributed by atoms with Crippen LogP contribution in [0.2, 0.25) is 0 Å². The highest BCUT2D eigenvalue weighted by atomic mass is 32.2. The number of rotatable bonds is 7. The largest absolute Gasteiger partial charge is 0.477 e. The third-order valence-corrected chi connectivity index (χ3v) is 3.63. The van der Waals surface area contributed by atoms with E-state index in [9.17, 15) is 14.7 Å². The van der Waals surface area contributed by atoms with Crippen molar-refractivity contribution in [2.75, 3.05) is 25.2 Å². The summed E-state index contributed by atoms with van der Waals surface area (Å²) in [6.45, 7) is 2.11. The van der Waals surface area contributed by atoms with E-state index in [0.717, 1.165) is 25.0 Å². The van der Waals surface area contributed by atoms with E-state index >= 15 is 0 Å². The van der Waals surface area contributed by atoms with Gasteiger partial charge in [-0.25, -0.2) is 9.59 Å². The van der Waals surface area contributed by atoms with E-state index < -0.39 is 12.0 Å². The number of carboxylic acids is 1. The van der Waals surface area contributed by atoms with Gasteiger partial charge in [0.05, 0.1) is 0 Å². The maximum Gasteiger partial charge on any atom is 0.342 e. The highest BCUT2D eigenvalue weighted by molar-refractivity contribution is 7.99. The molecule has 0 bridgehead atoms. The second-order valence-corrected chi connectivity index (χ2v) is 5.55. The summed E-state index contributed by atoms with van der Waals surface area (Å²) in [4.78, 5) is 24.2. The van der Waals surface area contributed by atoms with Gasteiger partial charge in [-0.1, -0.05) is 19.8 Å². The average Bonchev–Trinajstić information content (AvgIpc) is 2.77. The topological polar surface area (TPSA) is 98.3 Å². The molecule has 0 radical (unpaired) electrons. The van der Waals surface area contributed by atoms with Crippen LogP contribution in [0.25, 0.3) is 0 Å². The summed E-state index contributed by atoms with van der Waals surface area (Å²) in [6.07, 6.45) is 3.22. The predicted molar refractivity (Wildman–Crippen MR) is 78.5 cm³/mol. The smallest absolute Gasteiger partial charge is 0.342 e. The summed E-state index contributed by atoms with van der Waals surface area (Å²) in [6, 6.07) is -0.404. The number of aromatic amines is 1. The first-order valence-corrected chi connectivity index (χ1v) is 7.38. The highest BCUT2D eigenvalue weighted by Gasteiger charge is 2.22. The number of carbonyl (C=O) groups excluding carboxylic acids is 1. The zero-order chi connectivity index (χ0) is 15.1. The molecule has 0 saturated heterocycles. The zero-order valence-corrected chi connectivity index (χ0v) is 12.7. The van der Waals surface area contributed by atoms with Crippen LogP contribution in [0.5, 0.6) is 0 Å². The van der Waals surface area contributed by atoms with Gasteiger partial charge in [0, 0.05) is 14.1 Å². The van der Waals surface area contributed by atoms with E-state index in [1.165, 1.54) is 16.7 Å². The van der Waals surface area contributed by atoms with Crippen molar-refractivity contribution in [3.63, 3.8) is 0 Å². The number of anilines is 1. The number of hydrogen-bond donors (Lipinski definition) is 3. The molecule has 1 aromatic rings. The SMILES string of the molecule is CCCCCSc1n[nH]c(NC(=O)N(C)C)c1C(=O)O. The fourth-order valence-corrected chi connectivity index (χ4v) is 2.44. The number of amides is 2. The normalized spacial score (nSPS) is 10.3. The Bertz CT molecular complexity index is 473. The van der Waals surface area contributed by atoms with Crippen molar-refractivity contribution in [3.05, 3.63) is 5.56 Å². The van der Waals surface area contributed by atoms with Crippen molar-refractivity contribution >= 4 is 29.6 Å². The summed E-state index contributed by atoms with van der Waals surface area (Å²) < 4.78 is 0. The van der Waals surface area contributed by atoms with E-state index in [4.69, 9.17) is 0 Å². The molecule has 0 aliphatic rings. The molecule has 0 fully saturated rings. The summed E-state index contributed by atoms with van der Waals surface area (Å²) in [5, 5.41) is 18.7. The minimum Gasteiger partial charge on any atom is -0.477 e. The van der Waals surface area contributed by atoms with Crippen LogP contribution in [0, 0.1) is 0 Å². The van der Waals surface area contributed by atoms with Gasteiger partial charge in [0.2, 0.25) is 0 Å². The number of urea groups is 1. The van der Waals surface area contributed by atoms with E-state index in [2.05, 4.69) is 22.4 Å². The van der Waals surface area contributed by atoms with Crippen molar-refractivity contribution in [2.45, 2.75) is 31.2 Å². The van der Waals surface area contributed by atoms with Gasteiger partial charge in [-0.3, -0.25) is 10.4 Å². The van der Waals surface area contributed by atoms with Crippen LogP contribution >= 0.6 is 11.8 Å². The third kappa shape index (κ3) is 4.44. The number of nitrogens with one attached hydrogen (secondary N) is 2. The second-order valence-electron chi connectivity index (χ2n) is 4.46. The molecule has 0 aromatic carbocycles. The van der Waals surface area contributed by atoms with Crippen LogP contribution in [0.15, 0.2) is 5.03 Å². The summed E-state index contributed by atoms with van der Waals surface area (Å²) in [7, 11) is 3.15. The number of carbonyl (C=O) groups is 2. The van der Waals surface area contributed by atoms with Gasteiger partial charge in [0.25, 0.3) is 0 Å². The van der Waals surface area contributed by atoms with E-state index in [1.807, 2.05) is 0 Å². The number of thioether (sulfide) groups is 1. The Labute approximate surface area is 122 Å². The average molecular weight is 300 g/mol. The van der Waals surface area contributed by atoms with E-state index in [-0.39, 0.29) is 11.4 Å². The molecule has 112 valence electrons. The molecule has 8 heteroatoms. The Kier molecular flexibility index (Phi) is 6.37. The number of aromatic nitrogens is 2. The summed E-state index contributed by atoms with van der Waals surface area (Å²) in [5.41, 5.74) is 0.0155. The second kappa shape index (κ2) is 7.78. The van der Waals surface area contributed by atoms with Crippen LogP contribution in [0.4, 0.5) is 10.6 Å². The number of nitrogens with zero attached hydrogens (tertiary/aromatic N) is 2. The first-order chi connectivity index (χ1) is 9.47. The van der Waals surface area contributed by atoms with E-state index in [1.54, 1.807) is 14.1 Å². The summed E-state index contributed by atoms with van der Waals surface area (Å²) >= 11 is 1.38. The molecule has 20 heavy (non-hydrogen) atoms. The molecule has 0 saturated carbocycles. The van der Waals surface area contributed by atoms with E-state index in [0.29, 0.717) is 5.03 Å². The molecule has 3 N–H and O–H groups in total. The quantitative estimate of drug-likeness (QED) is 0.531. The lowest BCUT2D eigenvalue weighted by Gasteiger charge is -2.10. The van der Waals surface area contributed by atoms with Crippen LogP contribution in [-0.2, 0) is 0 Å². The molecule has 0 atom stereocenters. The first kappa shape index (κ1) is 16.4. The van der Waals surface area contributed by atoms with Gasteiger partial charge in [0.15, 0.2) is 0 Å². The molecule has 0 unspecified atom stereocenters. The Morgan fingerprint density at radius 2 is 2.10 bits per heavy atom. The lowest BCUT2D eigenvalue weighted by molar-refractivity contribution is 0.0694. The number of H-pyrrole nitrogens is 1. The predicted octanol–water partition coefficient (Wildman–Crippen LogP) is 2.48. The molecule has 0 aliphatic heterocycles. The first-order valence-electron chi connectivity index (χ1n) is 6.40. The molecule has 7 nitrogen and oxygen atoms in total. The molecule has 1 heterocycles. The van der Waals surface area contributed by atoms with Gasteiger partial charge < -0.3 is 10.0 Å². The van der Waals surface area contributed by atoms with Crippen LogP contribution < -0.4 is 5.32 Å². The van der Waals surface area contributed by atoms with Gasteiger partial charge in [-0.2, -0.15) is 5.10 Å². The standard InChI is InChI=1S/C12H20N4O3S/c1-4-5-6-7-20-10-8(11(17)18)9(14-15-10)13-12(19)16(2)3/h4-7H2,1-3H3,(H,17,18)(H2,13,14,15,19). The number of hydrogen-bond acceptors (Lipinski definition) is 4. The molecule has 0 aliphatic carbocycles. The summed E-state index contributed by atoms with van der Waals surface area (Å²) in [5.74, 6) is -0.181. The van der Waals surface area contributed by atoms with Gasteiger partial charge in [0.1, 0.15) is 16.4 Å². The monoisotopic (exact) mass is 300 g/mol. The van der Waals surface area contributed by atoms with Crippen molar-refractivity contribution in [1.29, 1.82) is 0 Å². The fraction of sp³-hybridized carbons (Fsp3) is 0.583. The highest BCUT2D eigenvalue weighted by Crippen LogP contribution is 2.27. The molecule has 1 rings (SSSR count). The van der Waals surface area contributed by atoms with Crippen LogP contribution in [0.1, 0.15) is 36.5 Å². The minimum absolute atomic E-state index is 0.0155. The maximum atomic E-state index is 11.6. The fourth-order valence-electron chi connectivity index (χ4n) is 1.46. The third-order valence-electron chi connectivity index (χ3n) is 2.57. The molecule has 2 amide bonds. The van der Waals surface area contributed by atoms with Crippen LogP contribution in [-0.4, -0.2) is 52.1 Å². The number of unbranched alkanes of at least 4 members (excludes halogenated alkanes) is 2. The van der Waals surface area contributed by atoms with Gasteiger partial charge >= 0.3 is 12.0 Å². The molecular weight excluding hydrogens is 280 g/mol. The molecular formula is C12H20N4O3S. The maximum absolute atomic E-state index is 11.6. The Hall–Kier alpha value is -1.70. The Morgan fingerprint density at radius 3 is 2.65 bits per heavy atom. The van der Waals surface area contributed by atoms with Gasteiger partial charge in [-0.15, -0.1) is 11.8 Å². The molecule has 0 spiro atoms. The number of aromatic carboxylic acids is 1. The molecule has 1 aromatic heterocycles. The van der Waals surface area contributed by atoms with Crippen molar-refractivity contribution in [3.8, 4) is 0 Å². The lowest BCUT2D eigenvalue weighted by Crippen LogP contribution is -2.28. The number of carboxylic acid groups (broad SMARTS) is 1. The minimum atomic E-state index is -1.11. The zero-order valence-electron chi connectivity index (χ0n) is 11.9. The Morgan fingerprint density at radius 1 is 1.40 bits per heavy atom. The van der Waals surface area contributed by atoms with Gasteiger partial charge in [-0.05, 0) is 12.2 Å². The van der Waals surface area contributed by atoms with Crippen LogP contribution in [0.3, 0.4) is 0 Å². The van der Waals surface area contributed by atoms with Crippen molar-refractivity contribution in [2.24, 2.45) is 0 Å². The van der Waals surface area contributed by atoms with Crippen molar-refractivity contribution < 1.29 is 14.7 Å². The Balaban J connectivity index is 2.79.